The number of rotatable bonds is 3. The highest BCUT2D eigenvalue weighted by molar-refractivity contribution is 5.64. The van der Waals surface area contributed by atoms with Crippen molar-refractivity contribution in [3.05, 3.63) is 65.4 Å². The molecule has 3 heterocycles. The number of hydrogen-bond donors (Lipinski definition) is 0. The molecule has 3 aromatic rings. The lowest BCUT2D eigenvalue weighted by Crippen LogP contribution is -2.26. The van der Waals surface area contributed by atoms with Crippen LogP contribution in [0.15, 0.2) is 42.7 Å². The fraction of sp³-hybridized carbons (Fsp3) is 0.350. The summed E-state index contributed by atoms with van der Waals surface area (Å²) in [6.07, 6.45) is 5.78. The van der Waals surface area contributed by atoms with Crippen LogP contribution >= 0.6 is 0 Å². The molecule has 0 aliphatic carbocycles. The van der Waals surface area contributed by atoms with Crippen molar-refractivity contribution in [3.8, 4) is 11.3 Å². The van der Waals surface area contributed by atoms with Crippen molar-refractivity contribution in [1.82, 2.24) is 24.6 Å². The molecule has 2 aromatic heterocycles. The molecule has 0 bridgehead atoms. The van der Waals surface area contributed by atoms with E-state index in [1.165, 1.54) is 16.8 Å². The molecule has 0 saturated carbocycles. The van der Waals surface area contributed by atoms with Gasteiger partial charge in [-0.1, -0.05) is 30.3 Å². The smallest absolute Gasteiger partial charge is 0.0958 e. The van der Waals surface area contributed by atoms with Crippen LogP contribution in [0, 0.1) is 6.92 Å². The van der Waals surface area contributed by atoms with Crippen molar-refractivity contribution in [1.29, 1.82) is 0 Å². The third-order valence-corrected chi connectivity index (χ3v) is 4.88. The average Bonchev–Trinajstić information content (AvgIpc) is 2.81. The van der Waals surface area contributed by atoms with Crippen molar-refractivity contribution in [2.45, 2.75) is 26.3 Å². The van der Waals surface area contributed by atoms with Gasteiger partial charge in [0.25, 0.3) is 0 Å². The van der Waals surface area contributed by atoms with Crippen molar-refractivity contribution < 1.29 is 0 Å². The van der Waals surface area contributed by atoms with Crippen LogP contribution in [0.1, 0.15) is 22.6 Å². The molecule has 4 rings (SSSR count). The first-order chi connectivity index (χ1) is 12.2. The minimum atomic E-state index is 0.857. The maximum atomic E-state index is 4.80. The average molecular weight is 333 g/mol. The van der Waals surface area contributed by atoms with Crippen LogP contribution in [-0.4, -0.2) is 37.7 Å². The SMILES string of the molecule is Cc1cnc(CN2CCc3c(-c4ccccc4)nn(C)c3CC2)cn1. The molecule has 0 radical (unpaired) electrons. The van der Waals surface area contributed by atoms with Gasteiger partial charge in [0.2, 0.25) is 0 Å². The predicted molar refractivity (Wildman–Crippen MR) is 98.1 cm³/mol. The largest absolute Gasteiger partial charge is 0.297 e. The second-order valence-electron chi connectivity index (χ2n) is 6.69. The molecule has 0 saturated heterocycles. The molecule has 128 valence electrons. The lowest BCUT2D eigenvalue weighted by Gasteiger charge is -2.19. The summed E-state index contributed by atoms with van der Waals surface area (Å²) in [7, 11) is 2.06. The van der Waals surface area contributed by atoms with Crippen LogP contribution in [0.5, 0.6) is 0 Å². The molecule has 0 spiro atoms. The fourth-order valence-corrected chi connectivity index (χ4v) is 3.54. The highest BCUT2D eigenvalue weighted by Gasteiger charge is 2.22. The summed E-state index contributed by atoms with van der Waals surface area (Å²) in [6, 6.07) is 10.5. The maximum absolute atomic E-state index is 4.80. The summed E-state index contributed by atoms with van der Waals surface area (Å²) >= 11 is 0. The van der Waals surface area contributed by atoms with E-state index in [2.05, 4.69) is 56.9 Å². The van der Waals surface area contributed by atoms with E-state index in [4.69, 9.17) is 5.10 Å². The number of hydrogen-bond acceptors (Lipinski definition) is 4. The Kier molecular flexibility index (Phi) is 4.32. The van der Waals surface area contributed by atoms with E-state index in [-0.39, 0.29) is 0 Å². The molecule has 5 nitrogen and oxygen atoms in total. The Morgan fingerprint density at radius 2 is 1.80 bits per heavy atom. The Labute approximate surface area is 148 Å². The molecule has 0 atom stereocenters. The molecule has 1 aliphatic rings. The summed E-state index contributed by atoms with van der Waals surface area (Å²) in [6.45, 7) is 4.87. The Morgan fingerprint density at radius 1 is 1.00 bits per heavy atom. The number of nitrogens with zero attached hydrogens (tertiary/aromatic N) is 5. The van der Waals surface area contributed by atoms with Gasteiger partial charge < -0.3 is 0 Å². The zero-order valence-corrected chi connectivity index (χ0v) is 14.8. The van der Waals surface area contributed by atoms with Gasteiger partial charge in [-0.2, -0.15) is 5.10 Å². The van der Waals surface area contributed by atoms with Gasteiger partial charge in [-0.05, 0) is 13.3 Å². The Bertz CT molecular complexity index is 852. The monoisotopic (exact) mass is 333 g/mol. The fourth-order valence-electron chi connectivity index (χ4n) is 3.54. The quantitative estimate of drug-likeness (QED) is 0.739. The zero-order chi connectivity index (χ0) is 17.2. The predicted octanol–water partition coefficient (Wildman–Crippen LogP) is 2.79. The molecule has 1 aromatic carbocycles. The molecule has 0 unspecified atom stereocenters. The van der Waals surface area contributed by atoms with Crippen molar-refractivity contribution >= 4 is 0 Å². The van der Waals surface area contributed by atoms with E-state index in [0.717, 1.165) is 49.6 Å². The summed E-state index contributed by atoms with van der Waals surface area (Å²) in [5, 5.41) is 4.80. The molecule has 0 fully saturated rings. The number of fused-ring (bicyclic) bond motifs is 1. The van der Waals surface area contributed by atoms with Crippen molar-refractivity contribution in [2.24, 2.45) is 7.05 Å². The molecular formula is C20H23N5. The highest BCUT2D eigenvalue weighted by atomic mass is 15.3. The van der Waals surface area contributed by atoms with Crippen LogP contribution in [-0.2, 0) is 26.4 Å². The lowest BCUT2D eigenvalue weighted by atomic mass is 10.0. The second-order valence-corrected chi connectivity index (χ2v) is 6.69. The number of aromatic nitrogens is 4. The number of aryl methyl sites for hydroxylation is 2. The van der Waals surface area contributed by atoms with Gasteiger partial charge in [-0.3, -0.25) is 19.5 Å². The Hall–Kier alpha value is -2.53. The first-order valence-electron chi connectivity index (χ1n) is 8.81. The van der Waals surface area contributed by atoms with Crippen LogP contribution in [0.2, 0.25) is 0 Å². The first-order valence-corrected chi connectivity index (χ1v) is 8.81. The standard InChI is InChI=1S/C20H23N5/c1-15-12-22-17(13-21-15)14-25-10-8-18-19(9-11-25)24(2)23-20(18)16-6-4-3-5-7-16/h3-7,12-13H,8-11,14H2,1-2H3. The van der Waals surface area contributed by atoms with Crippen molar-refractivity contribution in [3.63, 3.8) is 0 Å². The summed E-state index contributed by atoms with van der Waals surface area (Å²) in [5.74, 6) is 0. The van der Waals surface area contributed by atoms with Crippen LogP contribution in [0.3, 0.4) is 0 Å². The van der Waals surface area contributed by atoms with Gasteiger partial charge in [0.1, 0.15) is 0 Å². The lowest BCUT2D eigenvalue weighted by molar-refractivity contribution is 0.274. The van der Waals surface area contributed by atoms with E-state index in [9.17, 15) is 0 Å². The molecule has 5 heteroatoms. The van der Waals surface area contributed by atoms with E-state index >= 15 is 0 Å². The zero-order valence-electron chi connectivity index (χ0n) is 14.8. The normalized spacial score (nSPS) is 15.0. The Balaban J connectivity index is 1.55. The van der Waals surface area contributed by atoms with E-state index in [1.807, 2.05) is 19.3 Å². The van der Waals surface area contributed by atoms with Gasteiger partial charge in [0.05, 0.1) is 17.1 Å². The van der Waals surface area contributed by atoms with Gasteiger partial charge >= 0.3 is 0 Å². The van der Waals surface area contributed by atoms with E-state index < -0.39 is 0 Å². The van der Waals surface area contributed by atoms with Crippen LogP contribution in [0.4, 0.5) is 0 Å². The van der Waals surface area contributed by atoms with Crippen molar-refractivity contribution in [2.75, 3.05) is 13.1 Å². The van der Waals surface area contributed by atoms with Crippen LogP contribution in [0.25, 0.3) is 11.3 Å². The minimum Gasteiger partial charge on any atom is -0.297 e. The first kappa shape index (κ1) is 16.0. The van der Waals surface area contributed by atoms with E-state index in [1.54, 1.807) is 0 Å². The molecule has 0 amide bonds. The van der Waals surface area contributed by atoms with Gasteiger partial charge in [0.15, 0.2) is 0 Å². The Morgan fingerprint density at radius 3 is 2.56 bits per heavy atom. The topological polar surface area (TPSA) is 46.8 Å². The molecule has 25 heavy (non-hydrogen) atoms. The van der Waals surface area contributed by atoms with Gasteiger partial charge in [0, 0.05) is 62.3 Å². The second kappa shape index (κ2) is 6.76. The molecule has 0 N–H and O–H groups in total. The highest BCUT2D eigenvalue weighted by Crippen LogP contribution is 2.28. The molecular weight excluding hydrogens is 310 g/mol. The summed E-state index contributed by atoms with van der Waals surface area (Å²) < 4.78 is 2.06. The minimum absolute atomic E-state index is 0.857. The third-order valence-electron chi connectivity index (χ3n) is 4.88. The number of benzene rings is 1. The van der Waals surface area contributed by atoms with E-state index in [0.29, 0.717) is 0 Å². The van der Waals surface area contributed by atoms with Gasteiger partial charge in [-0.15, -0.1) is 0 Å². The molecule has 1 aliphatic heterocycles. The summed E-state index contributed by atoms with van der Waals surface area (Å²) in [4.78, 5) is 11.3. The van der Waals surface area contributed by atoms with Gasteiger partial charge in [-0.25, -0.2) is 0 Å². The summed E-state index contributed by atoms with van der Waals surface area (Å²) in [5.41, 5.74) is 7.10. The van der Waals surface area contributed by atoms with Crippen LogP contribution < -0.4 is 0 Å². The third kappa shape index (κ3) is 3.33. The maximum Gasteiger partial charge on any atom is 0.0958 e.